The fourth-order valence-corrected chi connectivity index (χ4v) is 1.36. The van der Waals surface area contributed by atoms with Gasteiger partial charge in [0.05, 0.1) is 6.61 Å². The number of ether oxygens (including phenoxy) is 2. The van der Waals surface area contributed by atoms with Crippen molar-refractivity contribution < 1.29 is 27.4 Å². The highest BCUT2D eigenvalue weighted by atomic mass is 35.5. The van der Waals surface area contributed by atoms with Gasteiger partial charge in [-0.2, -0.15) is 13.2 Å². The van der Waals surface area contributed by atoms with Crippen LogP contribution in [0.1, 0.15) is 19.5 Å². The number of rotatable bonds is 4. The number of carbonyl (C=O) groups excluding carboxylic acids is 1. The Morgan fingerprint density at radius 2 is 2.11 bits per heavy atom. The lowest BCUT2D eigenvalue weighted by molar-refractivity contribution is -0.150. The van der Waals surface area contributed by atoms with Crippen molar-refractivity contribution in [3.8, 4) is 5.88 Å². The lowest BCUT2D eigenvalue weighted by Crippen LogP contribution is -2.27. The van der Waals surface area contributed by atoms with E-state index in [1.807, 2.05) is 0 Å². The molecule has 0 aromatic carbocycles. The summed E-state index contributed by atoms with van der Waals surface area (Å²) in [5.74, 6) is -1.25. The van der Waals surface area contributed by atoms with E-state index >= 15 is 0 Å². The Kier molecular flexibility index (Phi) is 4.93. The van der Waals surface area contributed by atoms with Crippen LogP contribution in [0.5, 0.6) is 5.88 Å². The van der Waals surface area contributed by atoms with Gasteiger partial charge in [0.2, 0.25) is 5.88 Å². The molecule has 1 aromatic heterocycles. The number of esters is 1. The van der Waals surface area contributed by atoms with Crippen molar-refractivity contribution in [2.45, 2.75) is 26.1 Å². The molecule has 0 amide bonds. The SMILES string of the molecule is CCOC(=O)C(C)Oc1ncnc(C(F)(F)F)c1Cl. The summed E-state index contributed by atoms with van der Waals surface area (Å²) >= 11 is 5.50. The Hall–Kier alpha value is -1.57. The molecular weight excluding hydrogens is 289 g/mol. The van der Waals surface area contributed by atoms with E-state index in [9.17, 15) is 18.0 Å². The van der Waals surface area contributed by atoms with Crippen molar-refractivity contribution in [1.82, 2.24) is 9.97 Å². The van der Waals surface area contributed by atoms with Crippen molar-refractivity contribution in [3.05, 3.63) is 17.0 Å². The van der Waals surface area contributed by atoms with E-state index in [-0.39, 0.29) is 6.61 Å². The quantitative estimate of drug-likeness (QED) is 0.799. The Labute approximate surface area is 111 Å². The molecule has 0 radical (unpaired) electrons. The maximum Gasteiger partial charge on any atom is 0.435 e. The molecule has 1 heterocycles. The number of hydrogen-bond acceptors (Lipinski definition) is 5. The second-order valence-electron chi connectivity index (χ2n) is 3.35. The Morgan fingerprint density at radius 3 is 2.63 bits per heavy atom. The van der Waals surface area contributed by atoms with E-state index in [4.69, 9.17) is 16.3 Å². The van der Waals surface area contributed by atoms with Crippen LogP contribution in [-0.4, -0.2) is 28.6 Å². The molecule has 1 atom stereocenters. The molecule has 5 nitrogen and oxygen atoms in total. The lowest BCUT2D eigenvalue weighted by Gasteiger charge is -2.15. The third-order valence-electron chi connectivity index (χ3n) is 1.93. The van der Waals surface area contributed by atoms with Gasteiger partial charge in [-0.05, 0) is 13.8 Å². The number of aromatic nitrogens is 2. The first-order chi connectivity index (χ1) is 8.77. The van der Waals surface area contributed by atoms with Crippen molar-refractivity contribution in [1.29, 1.82) is 0 Å². The maximum absolute atomic E-state index is 12.5. The van der Waals surface area contributed by atoms with Crippen LogP contribution >= 0.6 is 11.6 Å². The molecule has 1 unspecified atom stereocenters. The molecule has 19 heavy (non-hydrogen) atoms. The van der Waals surface area contributed by atoms with E-state index in [0.717, 1.165) is 0 Å². The minimum absolute atomic E-state index is 0.123. The zero-order valence-electron chi connectivity index (χ0n) is 9.99. The summed E-state index contributed by atoms with van der Waals surface area (Å²) in [4.78, 5) is 17.8. The van der Waals surface area contributed by atoms with Crippen LogP contribution in [0.3, 0.4) is 0 Å². The van der Waals surface area contributed by atoms with Crippen LogP contribution in [0, 0.1) is 0 Å². The molecule has 0 N–H and O–H groups in total. The van der Waals surface area contributed by atoms with Gasteiger partial charge >= 0.3 is 12.1 Å². The predicted molar refractivity (Wildman–Crippen MR) is 58.8 cm³/mol. The van der Waals surface area contributed by atoms with Gasteiger partial charge in [-0.3, -0.25) is 0 Å². The average Bonchev–Trinajstić information content (AvgIpc) is 2.30. The minimum atomic E-state index is -4.73. The second kappa shape index (κ2) is 6.05. The largest absolute Gasteiger partial charge is 0.463 e. The number of hydrogen-bond donors (Lipinski definition) is 0. The van der Waals surface area contributed by atoms with Gasteiger partial charge in [0.15, 0.2) is 11.8 Å². The number of halogens is 4. The topological polar surface area (TPSA) is 61.3 Å². The second-order valence-corrected chi connectivity index (χ2v) is 3.73. The van der Waals surface area contributed by atoms with E-state index in [1.165, 1.54) is 6.92 Å². The summed E-state index contributed by atoms with van der Waals surface area (Å²) < 4.78 is 47.1. The van der Waals surface area contributed by atoms with Crippen molar-refractivity contribution >= 4 is 17.6 Å². The van der Waals surface area contributed by atoms with Crippen LogP contribution < -0.4 is 4.74 Å². The van der Waals surface area contributed by atoms with Crippen LogP contribution in [0.2, 0.25) is 5.02 Å². The van der Waals surface area contributed by atoms with Gasteiger partial charge in [-0.1, -0.05) is 11.6 Å². The average molecular weight is 299 g/mol. The van der Waals surface area contributed by atoms with Crippen LogP contribution in [0.15, 0.2) is 6.33 Å². The molecule has 9 heteroatoms. The van der Waals surface area contributed by atoms with Gasteiger partial charge in [0.25, 0.3) is 0 Å². The molecule has 1 aromatic rings. The molecule has 0 spiro atoms. The highest BCUT2D eigenvalue weighted by Gasteiger charge is 2.37. The van der Waals surface area contributed by atoms with E-state index < -0.39 is 34.8 Å². The van der Waals surface area contributed by atoms with Crippen LogP contribution in [0.25, 0.3) is 0 Å². The zero-order chi connectivity index (χ0) is 14.6. The molecular formula is C10H10ClF3N2O3. The molecule has 0 aliphatic heterocycles. The van der Waals surface area contributed by atoms with Crippen LogP contribution in [-0.2, 0) is 15.7 Å². The molecule has 1 rings (SSSR count). The summed E-state index contributed by atoms with van der Waals surface area (Å²) in [6.07, 6.45) is -5.21. The van der Waals surface area contributed by atoms with Crippen molar-refractivity contribution in [2.24, 2.45) is 0 Å². The molecule has 0 bridgehead atoms. The summed E-state index contributed by atoms with van der Waals surface area (Å²) in [5, 5.41) is -0.800. The molecule has 106 valence electrons. The highest BCUT2D eigenvalue weighted by Crippen LogP contribution is 2.36. The van der Waals surface area contributed by atoms with Gasteiger partial charge in [0, 0.05) is 0 Å². The summed E-state index contributed by atoms with van der Waals surface area (Å²) in [6, 6.07) is 0. The summed E-state index contributed by atoms with van der Waals surface area (Å²) in [5.41, 5.74) is -1.32. The molecule has 0 fully saturated rings. The standard InChI is InChI=1S/C10H10ClF3N2O3/c1-3-18-9(17)5(2)19-8-6(11)7(10(12,13)14)15-4-16-8/h4-5H,3H2,1-2H3. The number of nitrogens with zero attached hydrogens (tertiary/aromatic N) is 2. The van der Waals surface area contributed by atoms with E-state index in [2.05, 4.69) is 14.7 Å². The molecule has 0 saturated heterocycles. The third kappa shape index (κ3) is 3.95. The number of alkyl halides is 3. The molecule has 0 aliphatic rings. The molecule has 0 saturated carbocycles. The fourth-order valence-electron chi connectivity index (χ4n) is 1.11. The van der Waals surface area contributed by atoms with Gasteiger partial charge in [-0.25, -0.2) is 14.8 Å². The number of carbonyl (C=O) groups is 1. The Morgan fingerprint density at radius 1 is 1.47 bits per heavy atom. The maximum atomic E-state index is 12.5. The first-order valence-corrected chi connectivity index (χ1v) is 5.56. The van der Waals surface area contributed by atoms with Crippen molar-refractivity contribution in [3.63, 3.8) is 0 Å². The van der Waals surface area contributed by atoms with Crippen LogP contribution in [0.4, 0.5) is 13.2 Å². The normalized spacial score (nSPS) is 12.9. The lowest BCUT2D eigenvalue weighted by atomic mass is 10.3. The highest BCUT2D eigenvalue weighted by molar-refractivity contribution is 6.32. The summed E-state index contributed by atoms with van der Waals surface area (Å²) in [6.45, 7) is 3.02. The van der Waals surface area contributed by atoms with Gasteiger partial charge in [-0.15, -0.1) is 0 Å². The zero-order valence-corrected chi connectivity index (χ0v) is 10.7. The Bertz CT molecular complexity index is 468. The summed E-state index contributed by atoms with van der Waals surface area (Å²) in [7, 11) is 0. The fraction of sp³-hybridized carbons (Fsp3) is 0.500. The van der Waals surface area contributed by atoms with Crippen molar-refractivity contribution in [2.75, 3.05) is 6.61 Å². The monoisotopic (exact) mass is 298 g/mol. The molecule has 0 aliphatic carbocycles. The van der Waals surface area contributed by atoms with E-state index in [1.54, 1.807) is 6.92 Å². The minimum Gasteiger partial charge on any atom is -0.463 e. The first kappa shape index (κ1) is 15.5. The van der Waals surface area contributed by atoms with E-state index in [0.29, 0.717) is 6.33 Å². The third-order valence-corrected chi connectivity index (χ3v) is 2.27. The Balaban J connectivity index is 2.94. The first-order valence-electron chi connectivity index (χ1n) is 5.18. The van der Waals surface area contributed by atoms with Gasteiger partial charge in [0.1, 0.15) is 11.3 Å². The smallest absolute Gasteiger partial charge is 0.435 e. The predicted octanol–water partition coefficient (Wildman–Crippen LogP) is 2.48. The van der Waals surface area contributed by atoms with Gasteiger partial charge < -0.3 is 9.47 Å².